The van der Waals surface area contributed by atoms with E-state index >= 15 is 0 Å². The third-order valence-electron chi connectivity index (χ3n) is 1.03. The maximum atomic E-state index is 9.77. The SMILES string of the molecule is O=C(O)C(O)C(O)C(=O)O.O=C(O)C(O)O. The monoisotopic (exact) mass is 242 g/mol. The van der Waals surface area contributed by atoms with Gasteiger partial charge < -0.3 is 35.7 Å². The van der Waals surface area contributed by atoms with Gasteiger partial charge in [0, 0.05) is 0 Å². The van der Waals surface area contributed by atoms with E-state index in [1.165, 1.54) is 0 Å². The third-order valence-corrected chi connectivity index (χ3v) is 1.03. The first-order chi connectivity index (χ1) is 7.11. The molecular weight excluding hydrogens is 232 g/mol. The summed E-state index contributed by atoms with van der Waals surface area (Å²) in [4.78, 5) is 28.7. The van der Waals surface area contributed by atoms with Crippen LogP contribution in [0.1, 0.15) is 0 Å². The Hall–Kier alpha value is -1.75. The zero-order chi connectivity index (χ0) is 13.5. The summed E-state index contributed by atoms with van der Waals surface area (Å²) in [5, 5.41) is 55.2. The number of aliphatic hydroxyl groups is 4. The van der Waals surface area contributed by atoms with Crippen molar-refractivity contribution in [1.29, 1.82) is 0 Å². The number of hydrogen-bond donors (Lipinski definition) is 7. The van der Waals surface area contributed by atoms with Crippen molar-refractivity contribution >= 4 is 17.9 Å². The van der Waals surface area contributed by atoms with E-state index in [9.17, 15) is 14.4 Å². The first-order valence-electron chi connectivity index (χ1n) is 3.52. The molecule has 10 heteroatoms. The van der Waals surface area contributed by atoms with Gasteiger partial charge in [-0.15, -0.1) is 0 Å². The molecule has 16 heavy (non-hydrogen) atoms. The summed E-state index contributed by atoms with van der Waals surface area (Å²) >= 11 is 0. The lowest BCUT2D eigenvalue weighted by Gasteiger charge is -2.07. The van der Waals surface area contributed by atoms with Crippen LogP contribution >= 0.6 is 0 Å². The molecule has 0 aromatic rings. The molecule has 10 nitrogen and oxygen atoms in total. The van der Waals surface area contributed by atoms with Crippen molar-refractivity contribution in [2.45, 2.75) is 18.5 Å². The maximum Gasteiger partial charge on any atom is 0.360 e. The van der Waals surface area contributed by atoms with Crippen LogP contribution in [-0.2, 0) is 14.4 Å². The fourth-order valence-corrected chi connectivity index (χ4v) is 0.270. The average molecular weight is 242 g/mol. The minimum atomic E-state index is -2.27. The van der Waals surface area contributed by atoms with Crippen LogP contribution in [0.4, 0.5) is 0 Å². The fraction of sp³-hybridized carbons (Fsp3) is 0.500. The van der Waals surface area contributed by atoms with Gasteiger partial charge in [0.05, 0.1) is 0 Å². The molecule has 0 heterocycles. The Labute approximate surface area is 87.6 Å². The molecule has 0 rings (SSSR count). The predicted octanol–water partition coefficient (Wildman–Crippen LogP) is -3.74. The first-order valence-corrected chi connectivity index (χ1v) is 3.52. The lowest BCUT2D eigenvalue weighted by molar-refractivity contribution is -0.165. The second kappa shape index (κ2) is 7.53. The summed E-state index contributed by atoms with van der Waals surface area (Å²) in [5.74, 6) is -5.17. The standard InChI is InChI=1S/C4H6O6.C2H4O4/c5-1(3(7)8)2(6)4(9)10;3-1(4)2(5)6/h1-2,5-6H,(H,7,8)(H,9,10);1,3-4H,(H,5,6). The van der Waals surface area contributed by atoms with E-state index in [0.29, 0.717) is 0 Å². The van der Waals surface area contributed by atoms with Crippen LogP contribution in [-0.4, -0.2) is 72.2 Å². The summed E-state index contributed by atoms with van der Waals surface area (Å²) in [6.45, 7) is 0. The van der Waals surface area contributed by atoms with Crippen LogP contribution in [0.2, 0.25) is 0 Å². The number of rotatable bonds is 4. The van der Waals surface area contributed by atoms with Gasteiger partial charge in [-0.2, -0.15) is 0 Å². The molecule has 0 fully saturated rings. The van der Waals surface area contributed by atoms with Gasteiger partial charge >= 0.3 is 17.9 Å². The average Bonchev–Trinajstić information content (AvgIpc) is 2.15. The number of carboxylic acid groups (broad SMARTS) is 3. The van der Waals surface area contributed by atoms with Crippen molar-refractivity contribution in [3.05, 3.63) is 0 Å². The molecule has 94 valence electrons. The highest BCUT2D eigenvalue weighted by Crippen LogP contribution is 1.92. The van der Waals surface area contributed by atoms with Crippen LogP contribution in [0.3, 0.4) is 0 Å². The minimum Gasteiger partial charge on any atom is -0.479 e. The fourth-order valence-electron chi connectivity index (χ4n) is 0.270. The number of carbonyl (C=O) groups is 3. The highest BCUT2D eigenvalue weighted by molar-refractivity contribution is 5.83. The summed E-state index contributed by atoms with van der Waals surface area (Å²) < 4.78 is 0. The second-order valence-electron chi connectivity index (χ2n) is 2.28. The number of hydrogen-bond acceptors (Lipinski definition) is 7. The van der Waals surface area contributed by atoms with Gasteiger partial charge in [0.25, 0.3) is 6.29 Å². The maximum absolute atomic E-state index is 9.77. The molecule has 0 aromatic carbocycles. The lowest BCUT2D eigenvalue weighted by Crippen LogP contribution is -2.39. The van der Waals surface area contributed by atoms with E-state index in [1.54, 1.807) is 0 Å². The second-order valence-corrected chi connectivity index (χ2v) is 2.28. The van der Waals surface area contributed by atoms with Gasteiger partial charge in [-0.25, -0.2) is 14.4 Å². The van der Waals surface area contributed by atoms with Crippen LogP contribution in [0, 0.1) is 0 Å². The summed E-state index contributed by atoms with van der Waals surface area (Å²) in [7, 11) is 0. The Kier molecular flexibility index (Phi) is 7.85. The zero-order valence-corrected chi connectivity index (χ0v) is 7.59. The highest BCUT2D eigenvalue weighted by atomic mass is 16.5. The molecule has 0 amide bonds. The van der Waals surface area contributed by atoms with Gasteiger partial charge in [-0.1, -0.05) is 0 Å². The number of aliphatic carboxylic acids is 3. The van der Waals surface area contributed by atoms with E-state index in [0.717, 1.165) is 0 Å². The van der Waals surface area contributed by atoms with Crippen LogP contribution in [0.5, 0.6) is 0 Å². The predicted molar refractivity (Wildman–Crippen MR) is 43.1 cm³/mol. The molecule has 2 atom stereocenters. The molecule has 0 bridgehead atoms. The van der Waals surface area contributed by atoms with Gasteiger partial charge in [-0.3, -0.25) is 0 Å². The lowest BCUT2D eigenvalue weighted by atomic mass is 10.2. The van der Waals surface area contributed by atoms with Crippen molar-refractivity contribution in [3.8, 4) is 0 Å². The van der Waals surface area contributed by atoms with E-state index < -0.39 is 36.4 Å². The molecule has 7 N–H and O–H groups in total. The minimum absolute atomic E-state index is 1.63. The summed E-state index contributed by atoms with van der Waals surface area (Å²) in [6, 6.07) is 0. The van der Waals surface area contributed by atoms with Crippen molar-refractivity contribution in [1.82, 2.24) is 0 Å². The Morgan fingerprint density at radius 1 is 0.625 bits per heavy atom. The Morgan fingerprint density at radius 3 is 0.875 bits per heavy atom. The molecule has 2 unspecified atom stereocenters. The number of aliphatic hydroxyl groups excluding tert-OH is 3. The number of carboxylic acids is 3. The largest absolute Gasteiger partial charge is 0.479 e. The topological polar surface area (TPSA) is 193 Å². The van der Waals surface area contributed by atoms with Crippen molar-refractivity contribution in [2.75, 3.05) is 0 Å². The molecule has 0 aliphatic carbocycles. The Bertz CT molecular complexity index is 240. The van der Waals surface area contributed by atoms with Gasteiger partial charge in [0.15, 0.2) is 12.2 Å². The van der Waals surface area contributed by atoms with Gasteiger partial charge in [0.2, 0.25) is 0 Å². The molecule has 0 aliphatic heterocycles. The Morgan fingerprint density at radius 2 is 0.812 bits per heavy atom. The van der Waals surface area contributed by atoms with Crippen molar-refractivity contribution in [3.63, 3.8) is 0 Å². The Balaban J connectivity index is 0. The van der Waals surface area contributed by atoms with E-state index in [1.807, 2.05) is 0 Å². The van der Waals surface area contributed by atoms with Crippen molar-refractivity contribution < 1.29 is 50.1 Å². The van der Waals surface area contributed by atoms with E-state index in [-0.39, 0.29) is 0 Å². The smallest absolute Gasteiger partial charge is 0.360 e. The summed E-state index contributed by atoms with van der Waals surface area (Å²) in [5.41, 5.74) is 0. The first kappa shape index (κ1) is 16.7. The van der Waals surface area contributed by atoms with Crippen molar-refractivity contribution in [2.24, 2.45) is 0 Å². The van der Waals surface area contributed by atoms with Gasteiger partial charge in [-0.05, 0) is 0 Å². The molecule has 0 aliphatic rings. The van der Waals surface area contributed by atoms with E-state index in [4.69, 9.17) is 35.7 Å². The summed E-state index contributed by atoms with van der Waals surface area (Å²) in [6.07, 6.45) is -6.76. The molecular formula is C6H10O10. The van der Waals surface area contributed by atoms with Gasteiger partial charge in [0.1, 0.15) is 0 Å². The van der Waals surface area contributed by atoms with Crippen LogP contribution < -0.4 is 0 Å². The van der Waals surface area contributed by atoms with Crippen LogP contribution in [0.15, 0.2) is 0 Å². The normalized spacial score (nSPS) is 13.3. The zero-order valence-electron chi connectivity index (χ0n) is 7.59. The molecule has 0 spiro atoms. The molecule has 0 radical (unpaired) electrons. The highest BCUT2D eigenvalue weighted by Gasteiger charge is 2.29. The molecule has 0 aromatic heterocycles. The molecule has 0 saturated heterocycles. The molecule has 0 saturated carbocycles. The third kappa shape index (κ3) is 7.64. The van der Waals surface area contributed by atoms with E-state index in [2.05, 4.69) is 0 Å². The van der Waals surface area contributed by atoms with Crippen LogP contribution in [0.25, 0.3) is 0 Å². The quantitative estimate of drug-likeness (QED) is 0.241.